The maximum atomic E-state index is 12.0. The van der Waals surface area contributed by atoms with E-state index in [1.807, 2.05) is 19.9 Å². The van der Waals surface area contributed by atoms with Crippen molar-refractivity contribution < 1.29 is 23.4 Å². The first-order valence-corrected chi connectivity index (χ1v) is 7.93. The van der Waals surface area contributed by atoms with Crippen LogP contribution < -0.4 is 19.5 Å². The topological polar surface area (TPSA) is 82.8 Å². The van der Waals surface area contributed by atoms with Crippen LogP contribution in [0, 0.1) is 13.8 Å². The van der Waals surface area contributed by atoms with Gasteiger partial charge in [-0.05, 0) is 37.6 Å². The second-order valence-electron chi connectivity index (χ2n) is 5.55. The van der Waals surface area contributed by atoms with E-state index < -0.39 is 0 Å². The Kier molecular flexibility index (Phi) is 4.92. The van der Waals surface area contributed by atoms with Crippen LogP contribution in [0.1, 0.15) is 22.9 Å². The van der Waals surface area contributed by atoms with Gasteiger partial charge in [0, 0.05) is 6.08 Å². The van der Waals surface area contributed by atoms with Gasteiger partial charge in [-0.3, -0.25) is 4.79 Å². The number of amides is 1. The summed E-state index contributed by atoms with van der Waals surface area (Å²) < 4.78 is 21.9. The second-order valence-corrected chi connectivity index (χ2v) is 5.55. The molecular formula is C18H20N2O5. The summed E-state index contributed by atoms with van der Waals surface area (Å²) in [6.07, 6.45) is 3.12. The second kappa shape index (κ2) is 7.29. The summed E-state index contributed by atoms with van der Waals surface area (Å²) >= 11 is 0. The van der Waals surface area contributed by atoms with Crippen LogP contribution in [0.25, 0.3) is 6.08 Å². The Balaban J connectivity index is 1.65. The molecule has 1 aromatic heterocycles. The van der Waals surface area contributed by atoms with Crippen LogP contribution in [0.4, 0.5) is 0 Å². The summed E-state index contributed by atoms with van der Waals surface area (Å²) in [5.74, 6) is 2.76. The van der Waals surface area contributed by atoms with Crippen LogP contribution in [-0.2, 0) is 11.3 Å². The highest BCUT2D eigenvalue weighted by molar-refractivity contribution is 5.91. The summed E-state index contributed by atoms with van der Waals surface area (Å²) in [6.45, 7) is 4.91. The number of hydrogen-bond acceptors (Lipinski definition) is 6. The highest BCUT2D eigenvalue weighted by Crippen LogP contribution is 2.40. The highest BCUT2D eigenvalue weighted by atomic mass is 16.6. The third-order valence-corrected chi connectivity index (χ3v) is 3.76. The number of ether oxygens (including phenoxy) is 3. The molecule has 7 heteroatoms. The number of benzene rings is 1. The molecule has 0 radical (unpaired) electrons. The fourth-order valence-electron chi connectivity index (χ4n) is 2.40. The van der Waals surface area contributed by atoms with Crippen LogP contribution in [-0.4, -0.2) is 31.2 Å². The summed E-state index contributed by atoms with van der Waals surface area (Å²) in [5, 5.41) is 2.73. The van der Waals surface area contributed by atoms with E-state index in [0.717, 1.165) is 17.0 Å². The van der Waals surface area contributed by atoms with Gasteiger partial charge in [0.2, 0.25) is 17.5 Å². The molecule has 0 saturated heterocycles. The normalized spacial score (nSPS) is 13.1. The molecule has 132 valence electrons. The fourth-order valence-corrected chi connectivity index (χ4v) is 2.40. The molecule has 7 nitrogen and oxygen atoms in total. The van der Waals surface area contributed by atoms with Gasteiger partial charge in [-0.1, -0.05) is 0 Å². The van der Waals surface area contributed by atoms with E-state index in [1.165, 1.54) is 6.08 Å². The summed E-state index contributed by atoms with van der Waals surface area (Å²) in [7, 11) is 1.56. The minimum Gasteiger partial charge on any atom is -0.493 e. The number of nitrogens with zero attached hydrogens (tertiary/aromatic N) is 1. The molecule has 2 heterocycles. The molecule has 25 heavy (non-hydrogen) atoms. The molecule has 3 rings (SSSR count). The lowest BCUT2D eigenvalue weighted by Gasteiger charge is -2.20. The predicted molar refractivity (Wildman–Crippen MR) is 90.8 cm³/mol. The number of fused-ring (bicyclic) bond motifs is 1. The van der Waals surface area contributed by atoms with Crippen molar-refractivity contribution in [2.45, 2.75) is 20.4 Å². The number of aromatic nitrogens is 1. The molecule has 0 atom stereocenters. The number of rotatable bonds is 5. The van der Waals surface area contributed by atoms with Crippen molar-refractivity contribution in [1.29, 1.82) is 0 Å². The van der Waals surface area contributed by atoms with E-state index >= 15 is 0 Å². The van der Waals surface area contributed by atoms with Crippen molar-refractivity contribution >= 4 is 12.0 Å². The third-order valence-electron chi connectivity index (χ3n) is 3.76. The Morgan fingerprint density at radius 2 is 2.12 bits per heavy atom. The van der Waals surface area contributed by atoms with E-state index in [-0.39, 0.29) is 12.5 Å². The van der Waals surface area contributed by atoms with Crippen molar-refractivity contribution in [2.75, 3.05) is 20.3 Å². The first-order valence-electron chi connectivity index (χ1n) is 7.93. The van der Waals surface area contributed by atoms with Gasteiger partial charge in [-0.2, -0.15) is 0 Å². The Labute approximate surface area is 145 Å². The molecule has 0 unspecified atom stereocenters. The van der Waals surface area contributed by atoms with Gasteiger partial charge in [-0.25, -0.2) is 4.98 Å². The standard InChI is InChI=1S/C18H20N2O5/c1-11-12(2)25-17(20-11)10-19-16(21)5-4-13-8-14(22-3)18-15(9-13)23-6-7-24-18/h4-5,8-9H,6-7,10H2,1-3H3,(H,19,21)/b5-4+. The number of methoxy groups -OCH3 is 1. The molecule has 1 aliphatic heterocycles. The Bertz CT molecular complexity index is 773. The van der Waals surface area contributed by atoms with Crippen LogP contribution in [0.15, 0.2) is 22.6 Å². The molecule has 1 N–H and O–H groups in total. The molecule has 0 saturated carbocycles. The fraction of sp³-hybridized carbons (Fsp3) is 0.333. The van der Waals surface area contributed by atoms with Crippen LogP contribution in [0.3, 0.4) is 0 Å². The highest BCUT2D eigenvalue weighted by Gasteiger charge is 2.17. The lowest BCUT2D eigenvalue weighted by atomic mass is 10.1. The van der Waals surface area contributed by atoms with E-state index in [4.69, 9.17) is 18.6 Å². The predicted octanol–water partition coefficient (Wildman–Crippen LogP) is 2.40. The Morgan fingerprint density at radius 1 is 1.32 bits per heavy atom. The zero-order valence-electron chi connectivity index (χ0n) is 14.4. The van der Waals surface area contributed by atoms with Crippen LogP contribution in [0.2, 0.25) is 0 Å². The Hall–Kier alpha value is -2.96. The first-order chi connectivity index (χ1) is 12.1. The zero-order valence-corrected chi connectivity index (χ0v) is 14.4. The molecule has 0 spiro atoms. The van der Waals surface area contributed by atoms with Crippen molar-refractivity contribution in [2.24, 2.45) is 0 Å². The summed E-state index contributed by atoms with van der Waals surface area (Å²) in [5.41, 5.74) is 1.60. The van der Waals surface area contributed by atoms with Gasteiger partial charge < -0.3 is 23.9 Å². The number of hydrogen-bond donors (Lipinski definition) is 1. The molecule has 1 aromatic carbocycles. The van der Waals surface area contributed by atoms with Crippen LogP contribution in [0.5, 0.6) is 17.2 Å². The van der Waals surface area contributed by atoms with Crippen molar-refractivity contribution in [1.82, 2.24) is 10.3 Å². The van der Waals surface area contributed by atoms with Gasteiger partial charge in [-0.15, -0.1) is 0 Å². The van der Waals surface area contributed by atoms with Gasteiger partial charge in [0.1, 0.15) is 19.0 Å². The summed E-state index contributed by atoms with van der Waals surface area (Å²) in [6, 6.07) is 3.60. The van der Waals surface area contributed by atoms with Gasteiger partial charge in [0.15, 0.2) is 11.5 Å². The van der Waals surface area contributed by atoms with E-state index in [0.29, 0.717) is 36.4 Å². The van der Waals surface area contributed by atoms with E-state index in [2.05, 4.69) is 10.3 Å². The molecular weight excluding hydrogens is 324 g/mol. The largest absolute Gasteiger partial charge is 0.493 e. The molecule has 1 amide bonds. The lowest BCUT2D eigenvalue weighted by molar-refractivity contribution is -0.116. The van der Waals surface area contributed by atoms with E-state index in [1.54, 1.807) is 19.3 Å². The number of carbonyl (C=O) groups is 1. The maximum Gasteiger partial charge on any atom is 0.244 e. The van der Waals surface area contributed by atoms with Crippen molar-refractivity contribution in [3.8, 4) is 17.2 Å². The van der Waals surface area contributed by atoms with Crippen molar-refractivity contribution in [3.63, 3.8) is 0 Å². The summed E-state index contributed by atoms with van der Waals surface area (Å²) in [4.78, 5) is 16.2. The average molecular weight is 344 g/mol. The van der Waals surface area contributed by atoms with E-state index in [9.17, 15) is 4.79 Å². The van der Waals surface area contributed by atoms with Crippen LogP contribution >= 0.6 is 0 Å². The van der Waals surface area contributed by atoms with Gasteiger partial charge >= 0.3 is 0 Å². The molecule has 0 fully saturated rings. The molecule has 0 bridgehead atoms. The number of oxazole rings is 1. The molecule has 2 aromatic rings. The lowest BCUT2D eigenvalue weighted by Crippen LogP contribution is -2.20. The third kappa shape index (κ3) is 3.93. The number of carbonyl (C=O) groups excluding carboxylic acids is 1. The minimum absolute atomic E-state index is 0.238. The monoisotopic (exact) mass is 344 g/mol. The Morgan fingerprint density at radius 3 is 2.84 bits per heavy atom. The smallest absolute Gasteiger partial charge is 0.244 e. The first kappa shape index (κ1) is 16.9. The quantitative estimate of drug-likeness (QED) is 0.839. The van der Waals surface area contributed by atoms with Crippen molar-refractivity contribution in [3.05, 3.63) is 41.1 Å². The van der Waals surface area contributed by atoms with Gasteiger partial charge in [0.25, 0.3) is 0 Å². The molecule has 0 aliphatic carbocycles. The number of nitrogens with one attached hydrogen (secondary N) is 1. The average Bonchev–Trinajstić information content (AvgIpc) is 2.95. The SMILES string of the molecule is COc1cc(/C=C/C(=O)NCc2nc(C)c(C)o2)cc2c1OCCO2. The minimum atomic E-state index is -0.248. The molecule has 1 aliphatic rings. The van der Waals surface area contributed by atoms with Gasteiger partial charge in [0.05, 0.1) is 19.3 Å². The maximum absolute atomic E-state index is 12.0. The zero-order chi connectivity index (χ0) is 17.8. The number of aryl methyl sites for hydroxylation is 2.